The van der Waals surface area contributed by atoms with Crippen LogP contribution < -0.4 is 5.43 Å². The highest BCUT2D eigenvalue weighted by molar-refractivity contribution is 7.24. The van der Waals surface area contributed by atoms with Crippen molar-refractivity contribution in [2.24, 2.45) is 0 Å². The maximum absolute atomic E-state index is 12.8. The molecule has 1 aromatic heterocycles. The molecule has 0 N–H and O–H groups in total. The molecule has 138 valence electrons. The van der Waals surface area contributed by atoms with Crippen LogP contribution >= 0.6 is 11.3 Å². The Morgan fingerprint density at radius 3 is 2.38 bits per heavy atom. The fourth-order valence-electron chi connectivity index (χ4n) is 3.50. The summed E-state index contributed by atoms with van der Waals surface area (Å²) < 4.78 is 9.26. The first-order valence-electron chi connectivity index (χ1n) is 9.42. The Bertz CT molecular complexity index is 959. The Hall–Kier alpha value is -1.75. The van der Waals surface area contributed by atoms with E-state index in [-0.39, 0.29) is 11.7 Å². The van der Waals surface area contributed by atoms with Gasteiger partial charge in [-0.1, -0.05) is 25.1 Å². The van der Waals surface area contributed by atoms with Gasteiger partial charge in [-0.2, -0.15) is 0 Å². The van der Waals surface area contributed by atoms with Gasteiger partial charge in [0, 0.05) is 26.6 Å². The minimum absolute atomic E-state index is 0.117. The summed E-state index contributed by atoms with van der Waals surface area (Å²) in [6.07, 6.45) is 1.15. The molecule has 0 radical (unpaired) electrons. The van der Waals surface area contributed by atoms with Gasteiger partial charge in [-0.3, -0.25) is 4.79 Å². The summed E-state index contributed by atoms with van der Waals surface area (Å²) in [5, 5.41) is 1.60. The smallest absolute Gasteiger partial charge is 0.195 e. The first-order chi connectivity index (χ1) is 12.5. The van der Waals surface area contributed by atoms with Crippen molar-refractivity contribution < 1.29 is 9.22 Å². The number of fused-ring (bicyclic) bond motifs is 2. The molecule has 3 nitrogen and oxygen atoms in total. The number of benzene rings is 2. The van der Waals surface area contributed by atoms with E-state index < -0.39 is 0 Å². The SMILES string of the molecule is CCC(OCc1ccc2sc3ccccc3c(=O)c2c1)[N+](C)(CC)CC. The van der Waals surface area contributed by atoms with E-state index in [2.05, 4.69) is 40.0 Å². The van der Waals surface area contributed by atoms with Crippen LogP contribution in [0.25, 0.3) is 20.2 Å². The molecule has 4 heteroatoms. The van der Waals surface area contributed by atoms with Gasteiger partial charge in [0.2, 0.25) is 0 Å². The third kappa shape index (κ3) is 3.54. The summed E-state index contributed by atoms with van der Waals surface area (Å²) in [6, 6.07) is 14.0. The van der Waals surface area contributed by atoms with E-state index in [1.807, 2.05) is 30.3 Å². The highest BCUT2D eigenvalue weighted by Crippen LogP contribution is 2.26. The Morgan fingerprint density at radius 1 is 1.00 bits per heavy atom. The molecule has 1 heterocycles. The van der Waals surface area contributed by atoms with E-state index in [1.54, 1.807) is 11.3 Å². The quantitative estimate of drug-likeness (QED) is 0.326. The van der Waals surface area contributed by atoms with Crippen molar-refractivity contribution >= 4 is 31.5 Å². The highest BCUT2D eigenvalue weighted by Gasteiger charge is 2.28. The minimum Gasteiger partial charge on any atom is -0.324 e. The van der Waals surface area contributed by atoms with E-state index in [0.29, 0.717) is 6.61 Å². The standard InChI is InChI=1S/C22H28NO2S/c1-5-21(23(4,6-2)7-3)25-15-16-12-13-20-18(14-16)22(24)17-10-8-9-11-19(17)26-20/h8-14,21H,5-7,15H2,1-4H3/q+1. The number of hydrogen-bond donors (Lipinski definition) is 0. The number of ether oxygens (including phenoxy) is 1. The van der Waals surface area contributed by atoms with Crippen molar-refractivity contribution in [3.63, 3.8) is 0 Å². The number of nitrogens with zero attached hydrogens (tertiary/aromatic N) is 1. The van der Waals surface area contributed by atoms with Gasteiger partial charge in [-0.25, -0.2) is 0 Å². The minimum atomic E-state index is 0.117. The Kier molecular flexibility index (Phi) is 5.76. The van der Waals surface area contributed by atoms with Crippen LogP contribution in [-0.2, 0) is 11.3 Å². The van der Waals surface area contributed by atoms with E-state index in [4.69, 9.17) is 4.74 Å². The van der Waals surface area contributed by atoms with Gasteiger partial charge >= 0.3 is 0 Å². The zero-order chi connectivity index (χ0) is 18.7. The van der Waals surface area contributed by atoms with E-state index in [9.17, 15) is 4.79 Å². The van der Waals surface area contributed by atoms with Gasteiger partial charge in [0.1, 0.15) is 0 Å². The second-order valence-corrected chi connectivity index (χ2v) is 8.13. The molecule has 1 atom stereocenters. The molecule has 0 amide bonds. The Balaban J connectivity index is 1.91. The van der Waals surface area contributed by atoms with Crippen molar-refractivity contribution in [2.45, 2.75) is 40.0 Å². The van der Waals surface area contributed by atoms with Crippen LogP contribution in [0.5, 0.6) is 0 Å². The van der Waals surface area contributed by atoms with Crippen LogP contribution in [0, 0.1) is 0 Å². The summed E-state index contributed by atoms with van der Waals surface area (Å²) in [5.74, 6) is 0. The lowest BCUT2D eigenvalue weighted by atomic mass is 10.1. The van der Waals surface area contributed by atoms with Gasteiger partial charge in [0.15, 0.2) is 11.7 Å². The summed E-state index contributed by atoms with van der Waals surface area (Å²) in [7, 11) is 2.25. The fraction of sp³-hybridized carbons (Fsp3) is 0.409. The first kappa shape index (κ1) is 19.0. The molecular formula is C22H28NO2S+. The molecule has 0 bridgehead atoms. The van der Waals surface area contributed by atoms with Crippen molar-refractivity contribution in [2.75, 3.05) is 20.1 Å². The van der Waals surface area contributed by atoms with Crippen LogP contribution in [0.4, 0.5) is 0 Å². The second kappa shape index (κ2) is 7.87. The lowest BCUT2D eigenvalue weighted by Crippen LogP contribution is -2.52. The zero-order valence-corrected chi connectivity index (χ0v) is 16.9. The lowest BCUT2D eigenvalue weighted by molar-refractivity contribution is -0.952. The van der Waals surface area contributed by atoms with E-state index in [0.717, 1.165) is 49.7 Å². The molecule has 0 saturated carbocycles. The molecule has 0 aliphatic heterocycles. The molecule has 0 aliphatic carbocycles. The van der Waals surface area contributed by atoms with Gasteiger partial charge in [-0.05, 0) is 43.7 Å². The van der Waals surface area contributed by atoms with Gasteiger partial charge in [0.05, 0.1) is 26.7 Å². The average molecular weight is 371 g/mol. The topological polar surface area (TPSA) is 26.3 Å². The maximum Gasteiger partial charge on any atom is 0.195 e. The van der Waals surface area contributed by atoms with Gasteiger partial charge < -0.3 is 9.22 Å². The zero-order valence-electron chi connectivity index (χ0n) is 16.1. The highest BCUT2D eigenvalue weighted by atomic mass is 32.1. The largest absolute Gasteiger partial charge is 0.324 e. The third-order valence-electron chi connectivity index (χ3n) is 5.57. The molecule has 0 spiro atoms. The second-order valence-electron chi connectivity index (χ2n) is 7.04. The monoisotopic (exact) mass is 370 g/mol. The number of quaternary nitrogens is 1. The number of hydrogen-bond acceptors (Lipinski definition) is 3. The summed E-state index contributed by atoms with van der Waals surface area (Å²) >= 11 is 1.67. The molecule has 26 heavy (non-hydrogen) atoms. The maximum atomic E-state index is 12.8. The molecule has 0 saturated heterocycles. The van der Waals surface area contributed by atoms with Gasteiger partial charge in [0.25, 0.3) is 0 Å². The fourth-order valence-corrected chi connectivity index (χ4v) is 4.55. The summed E-state index contributed by atoms with van der Waals surface area (Å²) in [4.78, 5) is 12.8. The van der Waals surface area contributed by atoms with Crippen LogP contribution in [0.2, 0.25) is 0 Å². The van der Waals surface area contributed by atoms with Crippen molar-refractivity contribution in [3.05, 3.63) is 58.3 Å². The normalized spacial score (nSPS) is 13.4. The summed E-state index contributed by atoms with van der Waals surface area (Å²) in [5.41, 5.74) is 1.18. The van der Waals surface area contributed by atoms with Crippen LogP contribution in [0.15, 0.2) is 47.3 Å². The molecule has 3 rings (SSSR count). The van der Waals surface area contributed by atoms with E-state index >= 15 is 0 Å². The third-order valence-corrected chi connectivity index (χ3v) is 6.72. The van der Waals surface area contributed by atoms with Gasteiger partial charge in [-0.15, -0.1) is 11.3 Å². The van der Waals surface area contributed by atoms with Crippen LogP contribution in [-0.4, -0.2) is 30.8 Å². The van der Waals surface area contributed by atoms with Crippen molar-refractivity contribution in [1.29, 1.82) is 0 Å². The predicted molar refractivity (Wildman–Crippen MR) is 112 cm³/mol. The predicted octanol–water partition coefficient (Wildman–Crippen LogP) is 5.15. The molecule has 0 aliphatic rings. The molecular weight excluding hydrogens is 342 g/mol. The average Bonchev–Trinajstić information content (AvgIpc) is 2.68. The Labute approximate surface area is 159 Å². The van der Waals surface area contributed by atoms with E-state index in [1.165, 1.54) is 0 Å². The van der Waals surface area contributed by atoms with Crippen LogP contribution in [0.1, 0.15) is 32.8 Å². The van der Waals surface area contributed by atoms with Crippen molar-refractivity contribution in [3.8, 4) is 0 Å². The first-order valence-corrected chi connectivity index (χ1v) is 10.2. The molecule has 2 aromatic carbocycles. The van der Waals surface area contributed by atoms with Crippen molar-refractivity contribution in [1.82, 2.24) is 0 Å². The molecule has 1 unspecified atom stereocenters. The van der Waals surface area contributed by atoms with Crippen LogP contribution in [0.3, 0.4) is 0 Å². The molecule has 3 aromatic rings. The lowest BCUT2D eigenvalue weighted by Gasteiger charge is -2.39. The number of rotatable bonds is 7. The molecule has 0 fully saturated rings. The summed E-state index contributed by atoms with van der Waals surface area (Å²) in [6.45, 7) is 9.23. The Morgan fingerprint density at radius 2 is 1.69 bits per heavy atom.